The smallest absolute Gasteiger partial charge is 0.214 e. The van der Waals surface area contributed by atoms with Crippen LogP contribution in [0.1, 0.15) is 6.92 Å². The second-order valence-corrected chi connectivity index (χ2v) is 8.61. The monoisotopic (exact) mass is 301 g/mol. The molecule has 0 rings (SSSR count). The summed E-state index contributed by atoms with van der Waals surface area (Å²) in [5.74, 6) is -1.46. The summed E-state index contributed by atoms with van der Waals surface area (Å²) >= 11 is 0. The van der Waals surface area contributed by atoms with E-state index in [4.69, 9.17) is 10.9 Å². The summed E-state index contributed by atoms with van der Waals surface area (Å²) in [7, 11) is -5.68. The van der Waals surface area contributed by atoms with Crippen LogP contribution in [-0.4, -0.2) is 63.5 Å². The van der Waals surface area contributed by atoms with E-state index >= 15 is 0 Å². The summed E-state index contributed by atoms with van der Waals surface area (Å²) in [6.45, 7) is 1.61. The standard InChI is InChI=1S/C8H19N3O5S2/c1-7(8(9)10-12)6-11(2)18(15,16)5-4-17(3,13)14/h7,12H,4-6H2,1-3H3,(H2,9,10). The Hall–Kier alpha value is -0.870. The molecular weight excluding hydrogens is 282 g/mol. The van der Waals surface area contributed by atoms with Gasteiger partial charge in [0.25, 0.3) is 0 Å². The van der Waals surface area contributed by atoms with Gasteiger partial charge in [0, 0.05) is 25.8 Å². The summed E-state index contributed by atoms with van der Waals surface area (Å²) in [6, 6.07) is 0. The van der Waals surface area contributed by atoms with Gasteiger partial charge in [0.1, 0.15) is 15.7 Å². The minimum absolute atomic E-state index is 0.0159. The molecule has 3 N–H and O–H groups in total. The average molecular weight is 301 g/mol. The van der Waals surface area contributed by atoms with Crippen molar-refractivity contribution >= 4 is 25.7 Å². The Balaban J connectivity index is 4.63. The van der Waals surface area contributed by atoms with E-state index in [9.17, 15) is 16.8 Å². The number of hydrogen-bond acceptors (Lipinski definition) is 6. The normalized spacial score (nSPS) is 15.9. The lowest BCUT2D eigenvalue weighted by molar-refractivity contribution is 0.312. The molecule has 1 atom stereocenters. The van der Waals surface area contributed by atoms with Crippen molar-refractivity contribution in [2.75, 3.05) is 31.4 Å². The molecule has 0 aliphatic rings. The van der Waals surface area contributed by atoms with E-state index in [0.717, 1.165) is 10.6 Å². The van der Waals surface area contributed by atoms with Crippen LogP contribution in [0.4, 0.5) is 0 Å². The van der Waals surface area contributed by atoms with Gasteiger partial charge in [-0.05, 0) is 0 Å². The minimum atomic E-state index is -3.67. The van der Waals surface area contributed by atoms with Crippen molar-refractivity contribution in [1.82, 2.24) is 4.31 Å². The van der Waals surface area contributed by atoms with Crippen molar-refractivity contribution in [1.29, 1.82) is 0 Å². The number of amidine groups is 1. The molecule has 0 bridgehead atoms. The fourth-order valence-electron chi connectivity index (χ4n) is 1.10. The molecule has 0 aliphatic heterocycles. The van der Waals surface area contributed by atoms with Gasteiger partial charge < -0.3 is 10.9 Å². The van der Waals surface area contributed by atoms with Gasteiger partial charge >= 0.3 is 0 Å². The van der Waals surface area contributed by atoms with E-state index < -0.39 is 37.3 Å². The Morgan fingerprint density at radius 3 is 2.22 bits per heavy atom. The molecule has 0 spiro atoms. The number of nitrogens with zero attached hydrogens (tertiary/aromatic N) is 2. The van der Waals surface area contributed by atoms with Crippen LogP contribution in [0.15, 0.2) is 5.16 Å². The van der Waals surface area contributed by atoms with Crippen LogP contribution in [0.3, 0.4) is 0 Å². The molecule has 108 valence electrons. The Bertz CT molecular complexity index is 497. The van der Waals surface area contributed by atoms with E-state index in [1.807, 2.05) is 0 Å². The highest BCUT2D eigenvalue weighted by molar-refractivity contribution is 7.93. The van der Waals surface area contributed by atoms with Crippen LogP contribution in [0.2, 0.25) is 0 Å². The fraction of sp³-hybridized carbons (Fsp3) is 0.875. The van der Waals surface area contributed by atoms with Crippen LogP contribution in [0, 0.1) is 5.92 Å². The van der Waals surface area contributed by atoms with E-state index in [2.05, 4.69) is 5.16 Å². The Morgan fingerprint density at radius 1 is 1.33 bits per heavy atom. The summed E-state index contributed by atoms with van der Waals surface area (Å²) < 4.78 is 46.3. The highest BCUT2D eigenvalue weighted by Gasteiger charge is 2.23. The fourth-order valence-corrected chi connectivity index (χ4v) is 3.92. The van der Waals surface area contributed by atoms with Gasteiger partial charge in [-0.25, -0.2) is 21.1 Å². The SMILES string of the molecule is CC(CN(C)S(=O)(=O)CCS(C)(=O)=O)C(N)=NO. The zero-order chi connectivity index (χ0) is 14.6. The predicted molar refractivity (Wildman–Crippen MR) is 68.7 cm³/mol. The Morgan fingerprint density at radius 2 is 1.83 bits per heavy atom. The Kier molecular flexibility index (Phi) is 6.04. The molecule has 10 heteroatoms. The van der Waals surface area contributed by atoms with Crippen molar-refractivity contribution in [3.63, 3.8) is 0 Å². The molecule has 0 aromatic carbocycles. The van der Waals surface area contributed by atoms with Crippen molar-refractivity contribution in [2.45, 2.75) is 6.92 Å². The molecule has 0 amide bonds. The minimum Gasteiger partial charge on any atom is -0.409 e. The van der Waals surface area contributed by atoms with Gasteiger partial charge in [0.15, 0.2) is 0 Å². The summed E-state index contributed by atoms with van der Waals surface area (Å²) in [5.41, 5.74) is 5.33. The third-order valence-electron chi connectivity index (χ3n) is 2.34. The first-order chi connectivity index (χ1) is 7.99. The van der Waals surface area contributed by atoms with Crippen LogP contribution in [-0.2, 0) is 19.9 Å². The van der Waals surface area contributed by atoms with Gasteiger partial charge in [-0.15, -0.1) is 0 Å². The lowest BCUT2D eigenvalue weighted by Crippen LogP contribution is -2.38. The Labute approximate surface area is 107 Å². The van der Waals surface area contributed by atoms with Gasteiger partial charge in [-0.2, -0.15) is 0 Å². The molecule has 0 saturated heterocycles. The lowest BCUT2D eigenvalue weighted by Gasteiger charge is -2.20. The molecule has 0 saturated carbocycles. The number of rotatable bonds is 7. The van der Waals surface area contributed by atoms with Crippen molar-refractivity contribution < 1.29 is 22.0 Å². The molecule has 1 unspecified atom stereocenters. The first kappa shape index (κ1) is 17.1. The second-order valence-electron chi connectivity index (χ2n) is 4.15. The molecular formula is C8H19N3O5S2. The molecule has 0 radical (unpaired) electrons. The third kappa shape index (κ3) is 6.17. The zero-order valence-electron chi connectivity index (χ0n) is 10.6. The maximum Gasteiger partial charge on any atom is 0.214 e. The maximum absolute atomic E-state index is 11.7. The highest BCUT2D eigenvalue weighted by atomic mass is 32.2. The van der Waals surface area contributed by atoms with Crippen LogP contribution < -0.4 is 5.73 Å². The summed E-state index contributed by atoms with van der Waals surface area (Å²) in [4.78, 5) is 0. The van der Waals surface area contributed by atoms with Gasteiger partial charge in [-0.1, -0.05) is 12.1 Å². The number of sulfone groups is 1. The summed E-state index contributed by atoms with van der Waals surface area (Å²) in [5, 5.41) is 11.2. The van der Waals surface area contributed by atoms with E-state index in [1.165, 1.54) is 7.05 Å². The van der Waals surface area contributed by atoms with E-state index in [0.29, 0.717) is 0 Å². The van der Waals surface area contributed by atoms with Crippen LogP contribution in [0.25, 0.3) is 0 Å². The van der Waals surface area contributed by atoms with Gasteiger partial charge in [0.05, 0.1) is 11.5 Å². The van der Waals surface area contributed by atoms with Gasteiger partial charge in [0.2, 0.25) is 10.0 Å². The molecule has 0 aromatic heterocycles. The molecule has 0 heterocycles. The predicted octanol–water partition coefficient (Wildman–Crippen LogP) is -1.32. The van der Waals surface area contributed by atoms with Crippen molar-refractivity contribution in [3.8, 4) is 0 Å². The molecule has 0 fully saturated rings. The first-order valence-corrected chi connectivity index (χ1v) is 8.75. The molecule has 0 aromatic rings. The zero-order valence-corrected chi connectivity index (χ0v) is 12.2. The molecule has 0 aliphatic carbocycles. The van der Waals surface area contributed by atoms with Crippen molar-refractivity contribution in [2.24, 2.45) is 16.8 Å². The quantitative estimate of drug-likeness (QED) is 0.259. The molecule has 8 nitrogen and oxygen atoms in total. The topological polar surface area (TPSA) is 130 Å². The largest absolute Gasteiger partial charge is 0.409 e. The highest BCUT2D eigenvalue weighted by Crippen LogP contribution is 2.05. The van der Waals surface area contributed by atoms with E-state index in [-0.39, 0.29) is 12.4 Å². The number of oxime groups is 1. The lowest BCUT2D eigenvalue weighted by atomic mass is 10.2. The van der Waals surface area contributed by atoms with E-state index in [1.54, 1.807) is 6.92 Å². The number of sulfonamides is 1. The van der Waals surface area contributed by atoms with Crippen LogP contribution >= 0.6 is 0 Å². The number of hydrogen-bond donors (Lipinski definition) is 2. The first-order valence-electron chi connectivity index (χ1n) is 5.08. The maximum atomic E-state index is 11.7. The van der Waals surface area contributed by atoms with Crippen LogP contribution in [0.5, 0.6) is 0 Å². The van der Waals surface area contributed by atoms with Gasteiger partial charge in [-0.3, -0.25) is 0 Å². The summed E-state index contributed by atoms with van der Waals surface area (Å²) in [6.07, 6.45) is 0.974. The van der Waals surface area contributed by atoms with Crippen molar-refractivity contribution in [3.05, 3.63) is 0 Å². The third-order valence-corrected chi connectivity index (χ3v) is 5.36. The average Bonchev–Trinajstić information content (AvgIpc) is 2.24. The number of nitrogens with two attached hydrogens (primary N) is 1. The second kappa shape index (κ2) is 6.34. The molecule has 18 heavy (non-hydrogen) atoms.